The third-order valence-electron chi connectivity index (χ3n) is 0.594. The van der Waals surface area contributed by atoms with E-state index in [1.165, 1.54) is 0 Å². The molecule has 0 amide bonds. The molecule has 0 aliphatic carbocycles. The van der Waals surface area contributed by atoms with Crippen LogP contribution in [0.4, 0.5) is 0 Å². The monoisotopic (exact) mass is 289 g/mol. The molecule has 0 aliphatic rings. The maximum atomic E-state index is 10.1. The van der Waals surface area contributed by atoms with Gasteiger partial charge in [0.2, 0.25) is 0 Å². The summed E-state index contributed by atoms with van der Waals surface area (Å²) in [6.45, 7) is -0.439. The number of carboxylic acid groups (broad SMARTS) is 1. The fourth-order valence-electron chi connectivity index (χ4n) is 0.308. The zero-order chi connectivity index (χ0) is 8.20. The van der Waals surface area contributed by atoms with E-state index in [4.69, 9.17) is 14.9 Å². The Morgan fingerprint density at radius 2 is 1.91 bits per heavy atom. The van der Waals surface area contributed by atoms with Crippen molar-refractivity contribution in [3.63, 3.8) is 0 Å². The van der Waals surface area contributed by atoms with Gasteiger partial charge in [-0.15, -0.1) is 0 Å². The molecule has 0 heterocycles. The molecule has 0 rings (SSSR count). The summed E-state index contributed by atoms with van der Waals surface area (Å²) in [4.78, 5) is 26.1. The van der Waals surface area contributed by atoms with E-state index < -0.39 is 26.4 Å². The maximum absolute atomic E-state index is 10.1. The van der Waals surface area contributed by atoms with Gasteiger partial charge in [0.15, 0.2) is 0 Å². The molecule has 0 unspecified atom stereocenters. The first kappa shape index (κ1) is 13.9. The number of carboxylic acids is 1. The molecule has 0 bridgehead atoms. The zero-order valence-electron chi connectivity index (χ0n) is 5.52. The molecule has 0 aromatic rings. The van der Waals surface area contributed by atoms with Crippen LogP contribution in [0.1, 0.15) is 0 Å². The van der Waals surface area contributed by atoms with Crippen LogP contribution in [-0.2, 0) is 9.36 Å². The Morgan fingerprint density at radius 3 is 2.18 bits per heavy atom. The van der Waals surface area contributed by atoms with Gasteiger partial charge in [-0.3, -0.25) is 14.7 Å². The first-order valence-corrected chi connectivity index (χ1v) is 4.18. The van der Waals surface area contributed by atoms with E-state index in [1.807, 2.05) is 0 Å². The van der Waals surface area contributed by atoms with Crippen molar-refractivity contribution in [1.82, 2.24) is 5.32 Å². The van der Waals surface area contributed by atoms with Crippen LogP contribution in [-0.4, -0.2) is 57.6 Å². The van der Waals surface area contributed by atoms with E-state index in [2.05, 4.69) is 5.32 Å². The second-order valence-corrected chi connectivity index (χ2v) is 3.29. The third-order valence-corrected chi connectivity index (χ3v) is 1.23. The molecule has 0 aliphatic heterocycles. The Bertz CT molecular complexity index is 167. The molecule has 11 heavy (non-hydrogen) atoms. The molecule has 60 valence electrons. The quantitative estimate of drug-likeness (QED) is 0.367. The Labute approximate surface area is 80.1 Å². The van der Waals surface area contributed by atoms with E-state index >= 15 is 0 Å². The maximum Gasteiger partial charge on any atom is 4.00 e. The molecule has 0 fully saturated rings. The molecule has 0 atom stereocenters. The summed E-state index contributed by atoms with van der Waals surface area (Å²) in [6.07, 6.45) is -0.598. The van der Waals surface area contributed by atoms with Gasteiger partial charge < -0.3 is 14.9 Å². The minimum Gasteiger partial charge on any atom is -0.480 e. The summed E-state index contributed by atoms with van der Waals surface area (Å²) in [6, 6.07) is 0. The summed E-state index contributed by atoms with van der Waals surface area (Å²) in [5.74, 6) is -1.14. The van der Waals surface area contributed by atoms with Crippen LogP contribution in [0.3, 0.4) is 0 Å². The molecule has 0 saturated carbocycles. The van der Waals surface area contributed by atoms with E-state index in [1.54, 1.807) is 0 Å². The van der Waals surface area contributed by atoms with E-state index in [0.29, 0.717) is 0 Å². The van der Waals surface area contributed by atoms with Crippen LogP contribution in [0.5, 0.6) is 0 Å². The SMILES string of the molecule is O=C(O)CNCP(=O)(O)O.[Sn+4]. The molecule has 6 nitrogen and oxygen atoms in total. The molecular formula is C3H8NO5PSn+4. The Morgan fingerprint density at radius 1 is 1.45 bits per heavy atom. The van der Waals surface area contributed by atoms with Crippen LogP contribution in [0, 0.1) is 0 Å². The molecule has 0 saturated heterocycles. The van der Waals surface area contributed by atoms with Crippen molar-refractivity contribution in [2.24, 2.45) is 0 Å². The Kier molecular flexibility index (Phi) is 7.55. The van der Waals surface area contributed by atoms with Gasteiger partial charge in [-0.05, 0) is 0 Å². The Hall–Kier alpha value is 0.379. The second-order valence-electron chi connectivity index (χ2n) is 1.64. The van der Waals surface area contributed by atoms with Crippen LogP contribution >= 0.6 is 7.60 Å². The normalized spacial score (nSPS) is 10.4. The van der Waals surface area contributed by atoms with Gasteiger partial charge >= 0.3 is 37.5 Å². The first-order valence-electron chi connectivity index (χ1n) is 2.39. The average molecular weight is 288 g/mol. The molecule has 4 N–H and O–H groups in total. The van der Waals surface area contributed by atoms with E-state index in [-0.39, 0.29) is 23.9 Å². The van der Waals surface area contributed by atoms with Crippen molar-refractivity contribution in [3.8, 4) is 0 Å². The van der Waals surface area contributed by atoms with Gasteiger partial charge in [0.25, 0.3) is 0 Å². The smallest absolute Gasteiger partial charge is 0.480 e. The summed E-state index contributed by atoms with van der Waals surface area (Å²) < 4.78 is 10.1. The zero-order valence-corrected chi connectivity index (χ0v) is 9.27. The fraction of sp³-hybridized carbons (Fsp3) is 0.667. The fourth-order valence-corrected chi connectivity index (χ4v) is 0.712. The molecule has 0 aromatic heterocycles. The summed E-state index contributed by atoms with van der Waals surface area (Å²) in [5, 5.41) is 10.1. The third kappa shape index (κ3) is 13.4. The molecular weight excluding hydrogens is 280 g/mol. The van der Waals surface area contributed by atoms with E-state index in [0.717, 1.165) is 0 Å². The van der Waals surface area contributed by atoms with Crippen molar-refractivity contribution in [3.05, 3.63) is 0 Å². The van der Waals surface area contributed by atoms with Crippen molar-refractivity contribution in [1.29, 1.82) is 0 Å². The predicted octanol–water partition coefficient (Wildman–Crippen LogP) is -1.58. The molecule has 0 radical (unpaired) electrons. The van der Waals surface area contributed by atoms with Crippen molar-refractivity contribution < 1.29 is 24.3 Å². The number of nitrogens with one attached hydrogen (secondary N) is 1. The van der Waals surface area contributed by atoms with Gasteiger partial charge in [0.1, 0.15) is 0 Å². The van der Waals surface area contributed by atoms with Crippen molar-refractivity contribution in [2.45, 2.75) is 0 Å². The van der Waals surface area contributed by atoms with Gasteiger partial charge in [0.05, 0.1) is 12.8 Å². The molecule has 0 spiro atoms. The number of rotatable bonds is 4. The second kappa shape index (κ2) is 5.96. The van der Waals surface area contributed by atoms with Crippen LogP contribution in [0.15, 0.2) is 0 Å². The number of hydrogen-bond acceptors (Lipinski definition) is 3. The van der Waals surface area contributed by atoms with Crippen LogP contribution < -0.4 is 5.32 Å². The predicted molar refractivity (Wildman–Crippen MR) is 38.3 cm³/mol. The minimum absolute atomic E-state index is 0. The van der Waals surface area contributed by atoms with Gasteiger partial charge in [-0.25, -0.2) is 0 Å². The van der Waals surface area contributed by atoms with E-state index in [9.17, 15) is 9.36 Å². The first-order chi connectivity index (χ1) is 4.42. The van der Waals surface area contributed by atoms with Crippen molar-refractivity contribution >= 4 is 37.5 Å². The standard InChI is InChI=1S/C3H8NO5P.Sn/c5-3(6)1-4-2-10(7,8)9;/h4H,1-2H2,(H,5,6)(H2,7,8,9);/q;+4. The number of hydrogen-bond donors (Lipinski definition) is 4. The topological polar surface area (TPSA) is 107 Å². The number of aliphatic carboxylic acids is 1. The Balaban J connectivity index is 0. The van der Waals surface area contributed by atoms with Gasteiger partial charge in [-0.2, -0.15) is 0 Å². The van der Waals surface area contributed by atoms with Crippen LogP contribution in [0.2, 0.25) is 0 Å². The summed E-state index contributed by atoms with van der Waals surface area (Å²) in [5.41, 5.74) is 0. The molecule has 8 heteroatoms. The number of carbonyl (C=O) groups is 1. The van der Waals surface area contributed by atoms with Crippen LogP contribution in [0.25, 0.3) is 0 Å². The average Bonchev–Trinajstić information content (AvgIpc) is 1.59. The summed E-state index contributed by atoms with van der Waals surface area (Å²) in [7, 11) is -4.10. The van der Waals surface area contributed by atoms with Gasteiger partial charge in [-0.1, -0.05) is 0 Å². The largest absolute Gasteiger partial charge is 4.00 e. The summed E-state index contributed by atoms with van der Waals surface area (Å²) >= 11 is 0. The molecule has 0 aromatic carbocycles. The minimum atomic E-state index is -4.10. The van der Waals surface area contributed by atoms with Crippen molar-refractivity contribution in [2.75, 3.05) is 12.8 Å². The van der Waals surface area contributed by atoms with Gasteiger partial charge in [0, 0.05) is 0 Å².